The van der Waals surface area contributed by atoms with Gasteiger partial charge in [-0.1, -0.05) is 59.3 Å². The zero-order valence-corrected chi connectivity index (χ0v) is 11.7. The number of unbranched alkanes of at least 4 members (excludes halogenated alkanes) is 4. The summed E-state index contributed by atoms with van der Waals surface area (Å²) in [4.78, 5) is 0. The minimum Gasteiger partial charge on any atom is -0.207 e. The molecule has 0 aliphatic heterocycles. The molecule has 17 heavy (non-hydrogen) atoms. The quantitative estimate of drug-likeness (QED) is 0.450. The molecule has 1 rings (SSSR count). The lowest BCUT2D eigenvalue weighted by Crippen LogP contribution is -2.23. The van der Waals surface area contributed by atoms with Crippen molar-refractivity contribution in [2.24, 2.45) is 11.3 Å². The summed E-state index contributed by atoms with van der Waals surface area (Å²) >= 11 is 0. The van der Waals surface area contributed by atoms with E-state index in [1.807, 2.05) is 0 Å². The Hall–Kier alpha value is -0.140. The molecule has 0 aromatic heterocycles. The van der Waals surface area contributed by atoms with Crippen LogP contribution in [0.2, 0.25) is 0 Å². The standard InChI is InChI=1S/C15H28F2/c1-4-6-8-9-11-14(3,10-7-5-2)13-12-15(13,16)17/h13H,4-12H2,1-3H3. The second kappa shape index (κ2) is 6.15. The molecule has 0 bridgehead atoms. The van der Waals surface area contributed by atoms with Gasteiger partial charge in [-0.3, -0.25) is 0 Å². The van der Waals surface area contributed by atoms with Gasteiger partial charge in [0, 0.05) is 12.3 Å². The van der Waals surface area contributed by atoms with E-state index in [1.165, 1.54) is 19.3 Å². The van der Waals surface area contributed by atoms with Crippen LogP contribution in [0.1, 0.15) is 78.6 Å². The monoisotopic (exact) mass is 246 g/mol. The number of halogens is 2. The molecule has 1 aliphatic carbocycles. The average Bonchev–Trinajstić information content (AvgIpc) is 2.92. The Labute approximate surface area is 105 Å². The predicted octanol–water partition coefficient (Wildman–Crippen LogP) is 5.81. The van der Waals surface area contributed by atoms with E-state index < -0.39 is 5.92 Å². The molecule has 2 heteroatoms. The molecule has 0 amide bonds. The van der Waals surface area contributed by atoms with Crippen LogP contribution in [0.25, 0.3) is 0 Å². The van der Waals surface area contributed by atoms with E-state index in [2.05, 4.69) is 20.8 Å². The third-order valence-electron chi connectivity index (χ3n) is 4.37. The SMILES string of the molecule is CCCCCCC(C)(CCCC)C1CC1(F)F. The Kier molecular flexibility index (Phi) is 5.40. The molecule has 1 fully saturated rings. The summed E-state index contributed by atoms with van der Waals surface area (Å²) in [6.45, 7) is 6.42. The predicted molar refractivity (Wildman–Crippen MR) is 69.4 cm³/mol. The van der Waals surface area contributed by atoms with Gasteiger partial charge in [-0.25, -0.2) is 8.78 Å². The molecular weight excluding hydrogens is 218 g/mol. The van der Waals surface area contributed by atoms with Gasteiger partial charge in [0.05, 0.1) is 0 Å². The number of hydrogen-bond acceptors (Lipinski definition) is 0. The van der Waals surface area contributed by atoms with Crippen molar-refractivity contribution in [3.05, 3.63) is 0 Å². The summed E-state index contributed by atoms with van der Waals surface area (Å²) < 4.78 is 26.6. The van der Waals surface area contributed by atoms with Gasteiger partial charge in [0.25, 0.3) is 5.92 Å². The zero-order chi connectivity index (χ0) is 12.9. The van der Waals surface area contributed by atoms with Crippen molar-refractivity contribution in [1.82, 2.24) is 0 Å². The summed E-state index contributed by atoms with van der Waals surface area (Å²) in [5.74, 6) is -2.68. The molecule has 0 heterocycles. The van der Waals surface area contributed by atoms with Crippen molar-refractivity contribution < 1.29 is 8.78 Å². The molecule has 0 spiro atoms. The molecule has 2 unspecified atom stereocenters. The molecule has 102 valence electrons. The van der Waals surface area contributed by atoms with Gasteiger partial charge >= 0.3 is 0 Å². The Bertz CT molecular complexity index is 225. The van der Waals surface area contributed by atoms with Crippen molar-refractivity contribution in [3.63, 3.8) is 0 Å². The molecule has 1 aliphatic rings. The molecule has 0 radical (unpaired) electrons. The van der Waals surface area contributed by atoms with Crippen molar-refractivity contribution in [1.29, 1.82) is 0 Å². The van der Waals surface area contributed by atoms with Crippen LogP contribution in [0.4, 0.5) is 8.78 Å². The van der Waals surface area contributed by atoms with Crippen LogP contribution in [-0.4, -0.2) is 5.92 Å². The summed E-state index contributed by atoms with van der Waals surface area (Å²) in [6, 6.07) is 0. The van der Waals surface area contributed by atoms with E-state index in [1.54, 1.807) is 0 Å². The Morgan fingerprint density at radius 1 is 1.00 bits per heavy atom. The van der Waals surface area contributed by atoms with Crippen LogP contribution < -0.4 is 0 Å². The maximum Gasteiger partial charge on any atom is 0.252 e. The highest BCUT2D eigenvalue weighted by Gasteiger charge is 2.63. The van der Waals surface area contributed by atoms with Gasteiger partial charge in [-0.05, 0) is 18.3 Å². The van der Waals surface area contributed by atoms with Crippen LogP contribution in [0.15, 0.2) is 0 Å². The number of hydrogen-bond donors (Lipinski definition) is 0. The minimum atomic E-state index is -2.35. The van der Waals surface area contributed by atoms with Gasteiger partial charge in [0.1, 0.15) is 0 Å². The van der Waals surface area contributed by atoms with Crippen molar-refractivity contribution in [3.8, 4) is 0 Å². The summed E-state index contributed by atoms with van der Waals surface area (Å²) in [6.07, 6.45) is 9.11. The van der Waals surface area contributed by atoms with Gasteiger partial charge in [-0.15, -0.1) is 0 Å². The topological polar surface area (TPSA) is 0 Å². The van der Waals surface area contributed by atoms with Gasteiger partial charge in [0.2, 0.25) is 0 Å². The Morgan fingerprint density at radius 3 is 2.00 bits per heavy atom. The van der Waals surface area contributed by atoms with Crippen LogP contribution in [0, 0.1) is 11.3 Å². The number of rotatable bonds is 9. The molecule has 0 aromatic carbocycles. The summed E-state index contributed by atoms with van der Waals surface area (Å²) in [7, 11) is 0. The molecule has 2 atom stereocenters. The van der Waals surface area contributed by atoms with E-state index in [-0.39, 0.29) is 17.8 Å². The lowest BCUT2D eigenvalue weighted by molar-refractivity contribution is 0.0517. The van der Waals surface area contributed by atoms with E-state index in [4.69, 9.17) is 0 Å². The fourth-order valence-electron chi connectivity index (χ4n) is 2.98. The fraction of sp³-hybridized carbons (Fsp3) is 1.00. The lowest BCUT2D eigenvalue weighted by Gasteiger charge is -2.30. The summed E-state index contributed by atoms with van der Waals surface area (Å²) in [5.41, 5.74) is -0.104. The average molecular weight is 246 g/mol. The largest absolute Gasteiger partial charge is 0.252 e. The van der Waals surface area contributed by atoms with Crippen LogP contribution in [0.3, 0.4) is 0 Å². The zero-order valence-electron chi connectivity index (χ0n) is 11.7. The van der Waals surface area contributed by atoms with E-state index in [0.29, 0.717) is 0 Å². The third kappa shape index (κ3) is 4.22. The Morgan fingerprint density at radius 2 is 1.53 bits per heavy atom. The van der Waals surface area contributed by atoms with Crippen LogP contribution in [0.5, 0.6) is 0 Å². The first-order chi connectivity index (χ1) is 7.96. The molecule has 0 N–H and O–H groups in total. The molecule has 0 aromatic rings. The van der Waals surface area contributed by atoms with Gasteiger partial charge in [0.15, 0.2) is 0 Å². The van der Waals surface area contributed by atoms with E-state index in [9.17, 15) is 8.78 Å². The first-order valence-electron chi connectivity index (χ1n) is 7.34. The van der Waals surface area contributed by atoms with Crippen LogP contribution >= 0.6 is 0 Å². The van der Waals surface area contributed by atoms with E-state index in [0.717, 1.165) is 32.1 Å². The molecule has 0 nitrogen and oxygen atoms in total. The third-order valence-corrected chi connectivity index (χ3v) is 4.37. The highest BCUT2D eigenvalue weighted by atomic mass is 19.3. The minimum absolute atomic E-state index is 0.104. The number of alkyl halides is 2. The van der Waals surface area contributed by atoms with Gasteiger partial charge < -0.3 is 0 Å². The second-order valence-electron chi connectivity index (χ2n) is 6.09. The highest BCUT2D eigenvalue weighted by Crippen LogP contribution is 2.61. The first-order valence-corrected chi connectivity index (χ1v) is 7.34. The van der Waals surface area contributed by atoms with E-state index >= 15 is 0 Å². The normalized spacial score (nSPS) is 25.6. The van der Waals surface area contributed by atoms with Crippen LogP contribution in [-0.2, 0) is 0 Å². The molecular formula is C15H28F2. The molecule has 1 saturated carbocycles. The second-order valence-corrected chi connectivity index (χ2v) is 6.09. The van der Waals surface area contributed by atoms with Crippen molar-refractivity contribution in [2.45, 2.75) is 84.5 Å². The van der Waals surface area contributed by atoms with Crippen molar-refractivity contribution >= 4 is 0 Å². The maximum absolute atomic E-state index is 13.3. The summed E-state index contributed by atoms with van der Waals surface area (Å²) in [5, 5.41) is 0. The fourth-order valence-corrected chi connectivity index (χ4v) is 2.98. The van der Waals surface area contributed by atoms with Gasteiger partial charge in [-0.2, -0.15) is 0 Å². The van der Waals surface area contributed by atoms with Crippen molar-refractivity contribution in [2.75, 3.05) is 0 Å². The highest BCUT2D eigenvalue weighted by molar-refractivity contribution is 5.04. The lowest BCUT2D eigenvalue weighted by atomic mass is 9.75. The molecule has 0 saturated heterocycles. The maximum atomic E-state index is 13.3. The smallest absolute Gasteiger partial charge is 0.207 e. The Balaban J connectivity index is 2.42. The first kappa shape index (κ1) is 14.9.